The zero-order chi connectivity index (χ0) is 18.9. The minimum atomic E-state index is -0.809. The third-order valence-electron chi connectivity index (χ3n) is 3.34. The van der Waals surface area contributed by atoms with Gasteiger partial charge < -0.3 is 14.2 Å². The molecule has 2 rings (SSSR count). The molecule has 0 aromatic heterocycles. The molecule has 0 radical (unpaired) electrons. The van der Waals surface area contributed by atoms with Gasteiger partial charge in [-0.3, -0.25) is 5.43 Å². The number of hydrogen-bond acceptors (Lipinski definition) is 6. The lowest BCUT2D eigenvalue weighted by Gasteiger charge is -2.17. The minimum Gasteiger partial charge on any atom is -0.490 e. The topological polar surface area (TPSA) is 69.1 Å². The van der Waals surface area contributed by atoms with E-state index in [0.29, 0.717) is 23.1 Å². The second-order valence-corrected chi connectivity index (χ2v) is 5.69. The summed E-state index contributed by atoms with van der Waals surface area (Å²) in [6, 6.07) is 13.0. The first-order chi connectivity index (χ1) is 12.5. The molecule has 0 bridgehead atoms. The SMILES string of the molecule is CCOc1cc(C=NNc2ccccc2)cc(Cl)c1OC(C)C(=O)OC. The largest absolute Gasteiger partial charge is 0.490 e. The van der Waals surface area contributed by atoms with Crippen molar-refractivity contribution >= 4 is 29.5 Å². The molecule has 0 aliphatic heterocycles. The van der Waals surface area contributed by atoms with Crippen LogP contribution in [-0.4, -0.2) is 32.0 Å². The van der Waals surface area contributed by atoms with Crippen LogP contribution in [0.5, 0.6) is 11.5 Å². The maximum atomic E-state index is 11.6. The van der Waals surface area contributed by atoms with Crippen LogP contribution in [0.1, 0.15) is 19.4 Å². The van der Waals surface area contributed by atoms with Crippen LogP contribution in [0.3, 0.4) is 0 Å². The lowest BCUT2D eigenvalue weighted by Crippen LogP contribution is -2.25. The number of hydrazone groups is 1. The molecule has 0 amide bonds. The van der Waals surface area contributed by atoms with Gasteiger partial charge in [0.25, 0.3) is 0 Å². The normalized spacial score (nSPS) is 11.8. The van der Waals surface area contributed by atoms with E-state index in [-0.39, 0.29) is 0 Å². The molecule has 0 aliphatic carbocycles. The van der Waals surface area contributed by atoms with Crippen LogP contribution in [0.25, 0.3) is 0 Å². The molecule has 26 heavy (non-hydrogen) atoms. The number of ether oxygens (including phenoxy) is 3. The fourth-order valence-electron chi connectivity index (χ4n) is 2.12. The molecule has 2 aromatic carbocycles. The first kappa shape index (κ1) is 19.6. The van der Waals surface area contributed by atoms with Gasteiger partial charge in [0.15, 0.2) is 17.6 Å². The highest BCUT2D eigenvalue weighted by Crippen LogP contribution is 2.37. The van der Waals surface area contributed by atoms with Crippen LogP contribution in [0.15, 0.2) is 47.6 Å². The number of nitrogens with zero attached hydrogens (tertiary/aromatic N) is 1. The standard InChI is InChI=1S/C19H21ClN2O4/c1-4-25-17-11-14(12-21-22-15-8-6-5-7-9-15)10-16(20)18(17)26-13(2)19(23)24-3/h5-13,22H,4H2,1-3H3. The van der Waals surface area contributed by atoms with Crippen LogP contribution < -0.4 is 14.9 Å². The first-order valence-electron chi connectivity index (χ1n) is 8.10. The van der Waals surface area contributed by atoms with Crippen molar-refractivity contribution in [2.45, 2.75) is 20.0 Å². The quantitative estimate of drug-likeness (QED) is 0.426. The molecule has 0 saturated heterocycles. The van der Waals surface area contributed by atoms with Gasteiger partial charge >= 0.3 is 5.97 Å². The smallest absolute Gasteiger partial charge is 0.346 e. The summed E-state index contributed by atoms with van der Waals surface area (Å²) >= 11 is 6.32. The van der Waals surface area contributed by atoms with E-state index in [0.717, 1.165) is 11.3 Å². The molecule has 6 nitrogen and oxygen atoms in total. The molecule has 1 atom stereocenters. The molecule has 7 heteroatoms. The van der Waals surface area contributed by atoms with Crippen molar-refractivity contribution in [3.63, 3.8) is 0 Å². The van der Waals surface area contributed by atoms with Crippen molar-refractivity contribution in [2.24, 2.45) is 5.10 Å². The molecule has 2 aromatic rings. The molecule has 1 unspecified atom stereocenters. The average Bonchev–Trinajstić information content (AvgIpc) is 2.64. The van der Waals surface area contributed by atoms with Gasteiger partial charge in [-0.25, -0.2) is 4.79 Å². The Balaban J connectivity index is 2.20. The molecule has 138 valence electrons. The average molecular weight is 377 g/mol. The van der Waals surface area contributed by atoms with E-state index in [2.05, 4.69) is 15.3 Å². The molecular formula is C19H21ClN2O4. The van der Waals surface area contributed by atoms with Crippen molar-refractivity contribution in [1.82, 2.24) is 0 Å². The summed E-state index contributed by atoms with van der Waals surface area (Å²) in [5.74, 6) is 0.220. The zero-order valence-electron chi connectivity index (χ0n) is 14.9. The number of anilines is 1. The molecule has 0 aliphatic rings. The molecule has 0 fully saturated rings. The van der Waals surface area contributed by atoms with Gasteiger partial charge in [0.05, 0.1) is 30.6 Å². The monoisotopic (exact) mass is 376 g/mol. The van der Waals surface area contributed by atoms with Crippen molar-refractivity contribution in [2.75, 3.05) is 19.1 Å². The second-order valence-electron chi connectivity index (χ2n) is 5.28. The van der Waals surface area contributed by atoms with Crippen molar-refractivity contribution in [3.05, 3.63) is 53.1 Å². The van der Waals surface area contributed by atoms with Gasteiger partial charge in [0, 0.05) is 0 Å². The Morgan fingerprint density at radius 1 is 1.31 bits per heavy atom. The number of benzene rings is 2. The number of carbonyl (C=O) groups is 1. The van der Waals surface area contributed by atoms with E-state index in [1.165, 1.54) is 7.11 Å². The van der Waals surface area contributed by atoms with Gasteiger partial charge in [-0.2, -0.15) is 5.10 Å². The van der Waals surface area contributed by atoms with Crippen LogP contribution in [0, 0.1) is 0 Å². The number of para-hydroxylation sites is 1. The van der Waals surface area contributed by atoms with Crippen molar-refractivity contribution in [3.8, 4) is 11.5 Å². The Bertz CT molecular complexity index is 766. The number of methoxy groups -OCH3 is 1. The minimum absolute atomic E-state index is 0.291. The van der Waals surface area contributed by atoms with Gasteiger partial charge in [0.2, 0.25) is 0 Å². The predicted molar refractivity (Wildman–Crippen MR) is 102 cm³/mol. The summed E-state index contributed by atoms with van der Waals surface area (Å²) in [5, 5.41) is 4.50. The van der Waals surface area contributed by atoms with Crippen LogP contribution >= 0.6 is 11.6 Å². The number of esters is 1. The molecule has 0 spiro atoms. The van der Waals surface area contributed by atoms with E-state index >= 15 is 0 Å². The first-order valence-corrected chi connectivity index (χ1v) is 8.48. The van der Waals surface area contributed by atoms with E-state index < -0.39 is 12.1 Å². The number of carbonyl (C=O) groups excluding carboxylic acids is 1. The summed E-state index contributed by atoms with van der Waals surface area (Å²) in [6.07, 6.45) is 0.811. The van der Waals surface area contributed by atoms with Gasteiger partial charge in [-0.15, -0.1) is 0 Å². The van der Waals surface area contributed by atoms with Crippen molar-refractivity contribution < 1.29 is 19.0 Å². The summed E-state index contributed by atoms with van der Waals surface area (Å²) in [4.78, 5) is 11.6. The maximum absolute atomic E-state index is 11.6. The summed E-state index contributed by atoms with van der Waals surface area (Å²) in [7, 11) is 1.30. The Hall–Kier alpha value is -2.73. The molecule has 0 heterocycles. The Labute approximate surface area is 157 Å². The third-order valence-corrected chi connectivity index (χ3v) is 3.62. The van der Waals surface area contributed by atoms with Gasteiger partial charge in [-0.05, 0) is 43.7 Å². The molecular weight excluding hydrogens is 356 g/mol. The zero-order valence-corrected chi connectivity index (χ0v) is 15.6. The Morgan fingerprint density at radius 3 is 2.69 bits per heavy atom. The number of rotatable bonds is 8. The highest BCUT2D eigenvalue weighted by Gasteiger charge is 2.20. The van der Waals surface area contributed by atoms with E-state index in [9.17, 15) is 4.79 Å². The van der Waals surface area contributed by atoms with Gasteiger partial charge in [-0.1, -0.05) is 29.8 Å². The van der Waals surface area contributed by atoms with Gasteiger partial charge in [0.1, 0.15) is 0 Å². The summed E-state index contributed by atoms with van der Waals surface area (Å²) in [5.41, 5.74) is 4.52. The Morgan fingerprint density at radius 2 is 2.04 bits per heavy atom. The summed E-state index contributed by atoms with van der Waals surface area (Å²) < 4.78 is 15.9. The highest BCUT2D eigenvalue weighted by molar-refractivity contribution is 6.32. The third kappa shape index (κ3) is 5.39. The number of halogens is 1. The van der Waals surface area contributed by atoms with E-state index in [4.69, 9.17) is 21.1 Å². The fourth-order valence-corrected chi connectivity index (χ4v) is 2.39. The second kappa shape index (κ2) is 9.68. The maximum Gasteiger partial charge on any atom is 0.346 e. The van der Waals surface area contributed by atoms with Crippen LogP contribution in [0.4, 0.5) is 5.69 Å². The lowest BCUT2D eigenvalue weighted by atomic mass is 10.2. The van der Waals surface area contributed by atoms with Crippen LogP contribution in [-0.2, 0) is 9.53 Å². The van der Waals surface area contributed by atoms with Crippen molar-refractivity contribution in [1.29, 1.82) is 0 Å². The molecule has 1 N–H and O–H groups in total. The Kier molecular flexibility index (Phi) is 7.29. The van der Waals surface area contributed by atoms with E-state index in [1.54, 1.807) is 25.3 Å². The predicted octanol–water partition coefficient (Wildman–Crippen LogP) is 4.13. The summed E-state index contributed by atoms with van der Waals surface area (Å²) in [6.45, 7) is 3.85. The molecule has 0 saturated carbocycles. The number of hydrogen-bond donors (Lipinski definition) is 1. The van der Waals surface area contributed by atoms with E-state index in [1.807, 2.05) is 37.3 Å². The highest BCUT2D eigenvalue weighted by atomic mass is 35.5. The number of nitrogens with one attached hydrogen (secondary N) is 1. The van der Waals surface area contributed by atoms with Crippen LogP contribution in [0.2, 0.25) is 5.02 Å². The lowest BCUT2D eigenvalue weighted by molar-refractivity contribution is -0.147. The fraction of sp³-hybridized carbons (Fsp3) is 0.263.